The number of likely N-dealkylation sites (N-methyl/N-ethyl adjacent to an activating group) is 1. The fourth-order valence-electron chi connectivity index (χ4n) is 4.55. The van der Waals surface area contributed by atoms with Crippen LogP contribution in [0.15, 0.2) is 54.6 Å². The summed E-state index contributed by atoms with van der Waals surface area (Å²) in [6.45, 7) is 3.15. The number of hydrogen-bond acceptors (Lipinski definition) is 4. The fourth-order valence-corrected chi connectivity index (χ4v) is 4.55. The van der Waals surface area contributed by atoms with Crippen LogP contribution in [0.4, 0.5) is 4.39 Å². The monoisotopic (exact) mass is 479 g/mol. The van der Waals surface area contributed by atoms with E-state index in [1.807, 2.05) is 24.3 Å². The van der Waals surface area contributed by atoms with Crippen LogP contribution in [0, 0.1) is 11.7 Å². The van der Waals surface area contributed by atoms with Crippen molar-refractivity contribution in [3.05, 3.63) is 71.7 Å². The lowest BCUT2D eigenvalue weighted by molar-refractivity contribution is -0.151. The zero-order chi connectivity index (χ0) is 24.9. The zero-order valence-corrected chi connectivity index (χ0v) is 20.1. The highest BCUT2D eigenvalue weighted by Gasteiger charge is 2.29. The number of carbonyl (C=O) groups excluding carboxylic acids is 3. The van der Waals surface area contributed by atoms with Crippen LogP contribution in [0.25, 0.3) is 10.9 Å². The molecule has 0 bridgehead atoms. The van der Waals surface area contributed by atoms with Crippen molar-refractivity contribution >= 4 is 28.7 Å². The van der Waals surface area contributed by atoms with Gasteiger partial charge in [0.2, 0.25) is 5.91 Å². The van der Waals surface area contributed by atoms with Crippen LogP contribution in [0.3, 0.4) is 0 Å². The summed E-state index contributed by atoms with van der Waals surface area (Å²) in [5.74, 6) is -1.22. The molecule has 1 saturated heterocycles. The van der Waals surface area contributed by atoms with E-state index in [9.17, 15) is 18.8 Å². The number of likely N-dealkylation sites (tertiary alicyclic amines) is 1. The van der Waals surface area contributed by atoms with Gasteiger partial charge in [-0.3, -0.25) is 14.4 Å². The van der Waals surface area contributed by atoms with Gasteiger partial charge >= 0.3 is 5.97 Å². The Morgan fingerprint density at radius 3 is 2.46 bits per heavy atom. The average molecular weight is 480 g/mol. The molecule has 0 N–H and O–H groups in total. The van der Waals surface area contributed by atoms with Crippen LogP contribution < -0.4 is 0 Å². The van der Waals surface area contributed by atoms with Crippen LogP contribution >= 0.6 is 0 Å². The first-order valence-electron chi connectivity index (χ1n) is 11.9. The number of para-hydroxylation sites is 1. The van der Waals surface area contributed by atoms with E-state index in [0.717, 1.165) is 10.9 Å². The maximum absolute atomic E-state index is 14.4. The van der Waals surface area contributed by atoms with Gasteiger partial charge in [-0.2, -0.15) is 0 Å². The van der Waals surface area contributed by atoms with Gasteiger partial charge in [-0.15, -0.1) is 0 Å². The highest BCUT2D eigenvalue weighted by molar-refractivity contribution is 6.00. The van der Waals surface area contributed by atoms with E-state index >= 15 is 0 Å². The first kappa shape index (κ1) is 24.4. The van der Waals surface area contributed by atoms with E-state index in [1.54, 1.807) is 47.7 Å². The van der Waals surface area contributed by atoms with Gasteiger partial charge in [-0.05, 0) is 38.0 Å². The largest absolute Gasteiger partial charge is 0.466 e. The lowest BCUT2D eigenvalue weighted by atomic mass is 9.97. The molecule has 0 unspecified atom stereocenters. The second-order valence-corrected chi connectivity index (χ2v) is 8.83. The number of benzene rings is 2. The van der Waals surface area contributed by atoms with Crippen molar-refractivity contribution in [3.8, 4) is 0 Å². The lowest BCUT2D eigenvalue weighted by Crippen LogP contribution is -2.45. The zero-order valence-electron chi connectivity index (χ0n) is 20.1. The first-order chi connectivity index (χ1) is 16.9. The summed E-state index contributed by atoms with van der Waals surface area (Å²) in [6.07, 6.45) is 1.11. The number of halogens is 1. The van der Waals surface area contributed by atoms with Crippen LogP contribution in [-0.2, 0) is 20.9 Å². The molecule has 0 saturated carbocycles. The maximum Gasteiger partial charge on any atom is 0.309 e. The Morgan fingerprint density at radius 1 is 1.06 bits per heavy atom. The number of aromatic nitrogens is 1. The SMILES string of the molecule is CCOC(=O)C1CCN(C(=O)CN(C)C(=O)c2cc3ccccc3n2Cc2ccccc2F)CC1. The van der Waals surface area contributed by atoms with Gasteiger partial charge in [0, 0.05) is 36.6 Å². The Labute approximate surface area is 204 Å². The smallest absolute Gasteiger partial charge is 0.309 e. The summed E-state index contributed by atoms with van der Waals surface area (Å²) in [5, 5.41) is 0.868. The number of amides is 2. The molecular weight excluding hydrogens is 449 g/mol. The standard InChI is InChI=1S/C27H30FN3O4/c1-3-35-27(34)19-12-14-30(15-13-19)25(32)18-29(2)26(33)24-16-20-8-5-7-11-23(20)31(24)17-21-9-4-6-10-22(21)28/h4-11,16,19H,3,12-15,17-18H2,1-2H3. The van der Waals surface area contributed by atoms with Crippen LogP contribution in [0.5, 0.6) is 0 Å². The van der Waals surface area contributed by atoms with Crippen molar-refractivity contribution in [1.82, 2.24) is 14.4 Å². The van der Waals surface area contributed by atoms with Gasteiger partial charge in [-0.1, -0.05) is 36.4 Å². The molecule has 8 heteroatoms. The number of ether oxygens (including phenoxy) is 1. The molecule has 7 nitrogen and oxygen atoms in total. The van der Waals surface area contributed by atoms with Gasteiger partial charge in [0.25, 0.3) is 5.91 Å². The fraction of sp³-hybridized carbons (Fsp3) is 0.370. The molecule has 2 aromatic carbocycles. The van der Waals surface area contributed by atoms with Crippen molar-refractivity contribution in [2.24, 2.45) is 5.92 Å². The Kier molecular flexibility index (Phi) is 7.48. The maximum atomic E-state index is 14.4. The summed E-state index contributed by atoms with van der Waals surface area (Å²) in [7, 11) is 1.59. The van der Waals surface area contributed by atoms with Gasteiger partial charge in [-0.25, -0.2) is 4.39 Å². The van der Waals surface area contributed by atoms with Crippen molar-refractivity contribution in [2.45, 2.75) is 26.3 Å². The summed E-state index contributed by atoms with van der Waals surface area (Å²) >= 11 is 0. The van der Waals surface area contributed by atoms with E-state index in [0.29, 0.717) is 43.8 Å². The van der Waals surface area contributed by atoms with Crippen molar-refractivity contribution in [3.63, 3.8) is 0 Å². The molecule has 2 amide bonds. The number of carbonyl (C=O) groups is 3. The van der Waals surface area contributed by atoms with Gasteiger partial charge in [0.1, 0.15) is 11.5 Å². The topological polar surface area (TPSA) is 71.8 Å². The molecule has 3 aromatic rings. The minimum absolute atomic E-state index is 0.0792. The summed E-state index contributed by atoms with van der Waals surface area (Å²) < 4.78 is 21.3. The number of rotatable bonds is 7. The molecule has 184 valence electrons. The highest BCUT2D eigenvalue weighted by atomic mass is 19.1. The molecule has 0 spiro atoms. The summed E-state index contributed by atoms with van der Waals surface area (Å²) in [5.41, 5.74) is 1.69. The van der Waals surface area contributed by atoms with Crippen molar-refractivity contribution in [2.75, 3.05) is 33.3 Å². The molecule has 1 aliphatic rings. The van der Waals surface area contributed by atoms with E-state index in [1.165, 1.54) is 11.0 Å². The molecule has 35 heavy (non-hydrogen) atoms. The predicted octanol–water partition coefficient (Wildman–Crippen LogP) is 3.70. The van der Waals surface area contributed by atoms with E-state index in [2.05, 4.69) is 0 Å². The molecule has 0 atom stereocenters. The van der Waals surface area contributed by atoms with Gasteiger partial charge in [0.05, 0.1) is 25.6 Å². The Morgan fingerprint density at radius 2 is 1.74 bits per heavy atom. The Bertz CT molecular complexity index is 1230. The Balaban J connectivity index is 1.48. The van der Waals surface area contributed by atoms with Crippen LogP contribution in [0.1, 0.15) is 35.8 Å². The number of nitrogens with zero attached hydrogens (tertiary/aromatic N) is 3. The summed E-state index contributed by atoms with van der Waals surface area (Å²) in [6, 6.07) is 15.8. The molecule has 0 radical (unpaired) electrons. The number of fused-ring (bicyclic) bond motifs is 1. The highest BCUT2D eigenvalue weighted by Crippen LogP contribution is 2.24. The van der Waals surface area contributed by atoms with E-state index in [4.69, 9.17) is 4.74 Å². The molecule has 1 aromatic heterocycles. The summed E-state index contributed by atoms with van der Waals surface area (Å²) in [4.78, 5) is 41.4. The minimum atomic E-state index is -0.335. The van der Waals surface area contributed by atoms with Crippen LogP contribution in [-0.4, -0.2) is 65.4 Å². The van der Waals surface area contributed by atoms with Crippen molar-refractivity contribution < 1.29 is 23.5 Å². The van der Waals surface area contributed by atoms with Gasteiger partial charge < -0.3 is 19.1 Å². The molecule has 1 aliphatic heterocycles. The normalized spacial score (nSPS) is 14.2. The third kappa shape index (κ3) is 5.37. The number of esters is 1. The Hall–Kier alpha value is -3.68. The van der Waals surface area contributed by atoms with Crippen molar-refractivity contribution in [1.29, 1.82) is 0 Å². The third-order valence-electron chi connectivity index (χ3n) is 6.50. The lowest BCUT2D eigenvalue weighted by Gasteiger charge is -2.32. The molecule has 1 fully saturated rings. The minimum Gasteiger partial charge on any atom is -0.466 e. The molecule has 4 rings (SSSR count). The molecule has 0 aliphatic carbocycles. The second-order valence-electron chi connectivity index (χ2n) is 8.83. The molecular formula is C27H30FN3O4. The number of piperidine rings is 1. The van der Waals surface area contributed by atoms with E-state index < -0.39 is 0 Å². The van der Waals surface area contributed by atoms with Gasteiger partial charge in [0.15, 0.2) is 0 Å². The third-order valence-corrected chi connectivity index (χ3v) is 6.50. The number of hydrogen-bond donors (Lipinski definition) is 0. The first-order valence-corrected chi connectivity index (χ1v) is 11.9. The molecule has 2 heterocycles. The second kappa shape index (κ2) is 10.7. The predicted molar refractivity (Wildman–Crippen MR) is 130 cm³/mol. The average Bonchev–Trinajstić information content (AvgIpc) is 3.23. The van der Waals surface area contributed by atoms with E-state index in [-0.39, 0.29) is 42.6 Å². The van der Waals surface area contributed by atoms with Crippen LogP contribution in [0.2, 0.25) is 0 Å². The quantitative estimate of drug-likeness (QED) is 0.485.